The summed E-state index contributed by atoms with van der Waals surface area (Å²) < 4.78 is 5.11. The zero-order valence-electron chi connectivity index (χ0n) is 21.6. The fraction of sp³-hybridized carbons (Fsp3) is 0.194. The van der Waals surface area contributed by atoms with Gasteiger partial charge in [-0.3, -0.25) is 24.1 Å². The summed E-state index contributed by atoms with van der Waals surface area (Å²) in [5, 5.41) is 3.24. The number of hydrogen-bond donors (Lipinski definition) is 1. The predicted molar refractivity (Wildman–Crippen MR) is 149 cm³/mol. The number of Topliss-reactive ketones (excluding diaryl/α,β-unsaturated/α-hetero) is 1. The van der Waals surface area contributed by atoms with Gasteiger partial charge in [-0.25, -0.2) is 4.79 Å². The third-order valence-electron chi connectivity index (χ3n) is 7.07. The second-order valence-corrected chi connectivity index (χ2v) is 10.2. The van der Waals surface area contributed by atoms with Gasteiger partial charge in [-0.15, -0.1) is 0 Å². The van der Waals surface area contributed by atoms with E-state index in [0.29, 0.717) is 34.8 Å². The Morgan fingerprint density at radius 1 is 0.900 bits per heavy atom. The van der Waals surface area contributed by atoms with E-state index in [9.17, 15) is 24.0 Å². The van der Waals surface area contributed by atoms with Gasteiger partial charge in [-0.05, 0) is 86.5 Å². The highest BCUT2D eigenvalue weighted by Gasteiger charge is 2.48. The van der Waals surface area contributed by atoms with E-state index >= 15 is 0 Å². The van der Waals surface area contributed by atoms with Crippen LogP contribution in [0.25, 0.3) is 0 Å². The maximum atomic E-state index is 13.0. The van der Waals surface area contributed by atoms with Crippen molar-refractivity contribution in [3.8, 4) is 0 Å². The van der Waals surface area contributed by atoms with Gasteiger partial charge in [0.1, 0.15) is 0 Å². The molecule has 1 saturated heterocycles. The van der Waals surface area contributed by atoms with Crippen molar-refractivity contribution in [2.24, 2.45) is 11.8 Å². The van der Waals surface area contributed by atoms with Crippen molar-refractivity contribution in [1.82, 2.24) is 0 Å². The van der Waals surface area contributed by atoms with Gasteiger partial charge in [0.25, 0.3) is 5.91 Å². The van der Waals surface area contributed by atoms with Gasteiger partial charge in [-0.2, -0.15) is 0 Å². The number of rotatable bonds is 7. The number of halogens is 1. The highest BCUT2D eigenvalue weighted by molar-refractivity contribution is 6.30. The number of esters is 1. The molecule has 9 heteroatoms. The van der Waals surface area contributed by atoms with Crippen LogP contribution in [0.15, 0.2) is 84.4 Å². The monoisotopic (exact) mass is 556 g/mol. The number of allylic oxidation sites excluding steroid dienone is 2. The number of amides is 3. The number of ketones is 1. The Kier molecular flexibility index (Phi) is 7.62. The highest BCUT2D eigenvalue weighted by atomic mass is 35.5. The van der Waals surface area contributed by atoms with E-state index in [4.69, 9.17) is 16.3 Å². The Morgan fingerprint density at radius 3 is 2.30 bits per heavy atom. The number of benzene rings is 3. The van der Waals surface area contributed by atoms with Gasteiger partial charge >= 0.3 is 5.97 Å². The summed E-state index contributed by atoms with van der Waals surface area (Å²) in [4.78, 5) is 64.8. The Morgan fingerprint density at radius 2 is 1.57 bits per heavy atom. The molecule has 0 aromatic heterocycles. The lowest BCUT2D eigenvalue weighted by Crippen LogP contribution is -2.31. The Bertz CT molecular complexity index is 1540. The third kappa shape index (κ3) is 5.58. The fourth-order valence-corrected chi connectivity index (χ4v) is 5.03. The highest BCUT2D eigenvalue weighted by Crippen LogP contribution is 2.39. The number of fused-ring (bicyclic) bond motifs is 1. The lowest BCUT2D eigenvalue weighted by molar-refractivity contribution is -0.122. The summed E-state index contributed by atoms with van der Waals surface area (Å²) in [6.45, 7) is 1.54. The Labute approximate surface area is 235 Å². The van der Waals surface area contributed by atoms with Crippen molar-refractivity contribution < 1.29 is 28.7 Å². The molecule has 8 nitrogen and oxygen atoms in total. The molecule has 2 aliphatic rings. The van der Waals surface area contributed by atoms with Gasteiger partial charge in [0.05, 0.1) is 23.1 Å². The van der Waals surface area contributed by atoms with Crippen LogP contribution in [0.4, 0.5) is 11.4 Å². The molecule has 0 saturated carbocycles. The summed E-state index contributed by atoms with van der Waals surface area (Å²) in [7, 11) is 0. The van der Waals surface area contributed by atoms with Crippen molar-refractivity contribution in [3.05, 3.63) is 106 Å². The summed E-state index contributed by atoms with van der Waals surface area (Å²) in [6, 6.07) is 18.7. The number of carbonyl (C=O) groups excluding carboxylic acids is 5. The van der Waals surface area contributed by atoms with Crippen LogP contribution in [0.1, 0.15) is 50.8 Å². The van der Waals surface area contributed by atoms with Crippen LogP contribution in [-0.2, 0) is 14.3 Å². The number of hydrogen-bond acceptors (Lipinski definition) is 6. The molecular weight excluding hydrogens is 532 g/mol. The number of ether oxygens (including phenoxy) is 1. The minimum absolute atomic E-state index is 0.209. The van der Waals surface area contributed by atoms with Gasteiger partial charge in [0.2, 0.25) is 11.8 Å². The van der Waals surface area contributed by atoms with Crippen molar-refractivity contribution in [2.75, 3.05) is 16.8 Å². The van der Waals surface area contributed by atoms with Crippen molar-refractivity contribution in [1.29, 1.82) is 0 Å². The molecule has 3 aromatic rings. The first-order valence-electron chi connectivity index (χ1n) is 12.7. The molecule has 3 aromatic carbocycles. The van der Waals surface area contributed by atoms with Gasteiger partial charge in [0, 0.05) is 21.8 Å². The summed E-state index contributed by atoms with van der Waals surface area (Å²) >= 11 is 5.82. The zero-order chi connectivity index (χ0) is 28.4. The lowest BCUT2D eigenvalue weighted by atomic mass is 9.82. The number of nitrogens with zero attached hydrogens (tertiary/aromatic N) is 1. The van der Waals surface area contributed by atoms with Crippen molar-refractivity contribution in [2.45, 2.75) is 19.8 Å². The number of carbonyl (C=O) groups is 5. The second kappa shape index (κ2) is 11.3. The topological polar surface area (TPSA) is 110 Å². The summed E-state index contributed by atoms with van der Waals surface area (Å²) in [5.74, 6) is -2.70. The van der Waals surface area contributed by atoms with Gasteiger partial charge in [-0.1, -0.05) is 29.3 Å². The Balaban J connectivity index is 1.20. The molecule has 1 heterocycles. The number of anilines is 2. The van der Waals surface area contributed by atoms with Crippen LogP contribution >= 0.6 is 11.6 Å². The maximum Gasteiger partial charge on any atom is 0.338 e. The molecule has 3 amide bonds. The van der Waals surface area contributed by atoms with Gasteiger partial charge < -0.3 is 10.1 Å². The molecule has 1 N–H and O–H groups in total. The van der Waals surface area contributed by atoms with Crippen LogP contribution in [-0.4, -0.2) is 36.1 Å². The summed E-state index contributed by atoms with van der Waals surface area (Å²) in [5.41, 5.74) is 2.74. The first-order valence-corrected chi connectivity index (χ1v) is 13.1. The molecule has 1 aliphatic heterocycles. The van der Waals surface area contributed by atoms with E-state index in [0.717, 1.165) is 5.57 Å². The van der Waals surface area contributed by atoms with Crippen LogP contribution in [0, 0.1) is 11.8 Å². The number of nitrogens with one attached hydrogen (secondary N) is 1. The second-order valence-electron chi connectivity index (χ2n) is 9.80. The molecule has 0 radical (unpaired) electrons. The minimum atomic E-state index is -0.682. The smallest absolute Gasteiger partial charge is 0.338 e. The van der Waals surface area contributed by atoms with Crippen LogP contribution in [0.5, 0.6) is 0 Å². The molecule has 5 rings (SSSR count). The molecule has 1 fully saturated rings. The van der Waals surface area contributed by atoms with Crippen LogP contribution < -0.4 is 10.2 Å². The van der Waals surface area contributed by atoms with E-state index in [1.807, 2.05) is 13.0 Å². The lowest BCUT2D eigenvalue weighted by Gasteiger charge is -2.18. The molecule has 202 valence electrons. The maximum absolute atomic E-state index is 13.0. The standard InChI is InChI=1S/C31H25ClN2O6/c1-18-5-14-25-26(15-18)30(38)34(29(25)37)24-4-2-3-21(16-24)28(36)33-23-12-8-20(9-13-23)31(39)40-17-27(35)19-6-10-22(32)11-7-19/h2-13,16,25-26H,14-15,17H2,1H3,(H,33,36)/t25-,26-/m1/s1. The van der Waals surface area contributed by atoms with Crippen LogP contribution in [0.3, 0.4) is 0 Å². The normalized spacial score (nSPS) is 18.1. The first-order chi connectivity index (χ1) is 19.2. The van der Waals surface area contributed by atoms with E-state index in [2.05, 4.69) is 5.32 Å². The molecule has 1 aliphatic carbocycles. The van der Waals surface area contributed by atoms with E-state index in [1.54, 1.807) is 42.5 Å². The van der Waals surface area contributed by atoms with Crippen LogP contribution in [0.2, 0.25) is 5.02 Å². The zero-order valence-corrected chi connectivity index (χ0v) is 22.3. The predicted octanol–water partition coefficient (Wildman–Crippen LogP) is 5.48. The molecule has 0 bridgehead atoms. The first kappa shape index (κ1) is 27.0. The molecular formula is C31H25ClN2O6. The Hall–Kier alpha value is -4.56. The van der Waals surface area contributed by atoms with E-state index < -0.39 is 18.5 Å². The third-order valence-corrected chi connectivity index (χ3v) is 7.32. The fourth-order valence-electron chi connectivity index (χ4n) is 4.90. The average Bonchev–Trinajstić information content (AvgIpc) is 3.20. The average molecular weight is 557 g/mol. The molecule has 0 unspecified atom stereocenters. The molecule has 0 spiro atoms. The van der Waals surface area contributed by atoms with E-state index in [-0.39, 0.29) is 40.6 Å². The summed E-state index contributed by atoms with van der Waals surface area (Å²) in [6.07, 6.45) is 3.11. The van der Waals surface area contributed by atoms with Crippen molar-refractivity contribution >= 4 is 52.4 Å². The molecule has 2 atom stereocenters. The number of imide groups is 1. The SMILES string of the molecule is CC1=CC[C@H]2C(=O)N(c3cccc(C(=O)Nc4ccc(C(=O)OCC(=O)c5ccc(Cl)cc5)cc4)c3)C(=O)[C@@H]2C1. The molecule has 40 heavy (non-hydrogen) atoms. The quantitative estimate of drug-likeness (QED) is 0.179. The van der Waals surface area contributed by atoms with Gasteiger partial charge in [0.15, 0.2) is 12.4 Å². The largest absolute Gasteiger partial charge is 0.454 e. The minimum Gasteiger partial charge on any atom is -0.454 e. The van der Waals surface area contributed by atoms with Crippen molar-refractivity contribution in [3.63, 3.8) is 0 Å². The van der Waals surface area contributed by atoms with E-state index in [1.165, 1.54) is 35.2 Å².